The summed E-state index contributed by atoms with van der Waals surface area (Å²) in [4.78, 5) is 51.3. The summed E-state index contributed by atoms with van der Waals surface area (Å²) in [7, 11) is 0.628. The summed E-state index contributed by atoms with van der Waals surface area (Å²) in [6.07, 6.45) is -5.99. The standard InChI is InChI=1S/C22H26FN3O3.C17H18FN3O.C2HF3O.2CH3.5HI.2V/c1-22(2,3)29-21(28)26-14-12-25(13-15-26)19-10-4-16(5-11-19)20(27)24-18-8-6-17(23)7-9-18;18-14-3-5-15(6-4-14)20-17(22)13-1-7-16(8-2-13)21-11-9-19-10-12-21;3-2(4,5)1-6;;;;;;;;;/h4-11H,12-15H2,1-3H3,(H,24,27);1-8,19H,9-12H2,(H,20,22);1H;2*1H3;5*1H;;/q;;;2*-1;;;;;;+2;+3/p-5. The average Bonchev–Trinajstić information content (AvgIpc) is 3.25. The number of ether oxygens (including phenoxy) is 1. The number of alkyl halides is 3. The van der Waals surface area contributed by atoms with Crippen molar-refractivity contribution < 1.29 is 60.3 Å². The van der Waals surface area contributed by atoms with Crippen molar-refractivity contribution in [2.45, 2.75) is 32.5 Å². The molecule has 66 heavy (non-hydrogen) atoms. The monoisotopic (exact) mass is 1560 g/mol. The number of piperazine rings is 2. The Morgan fingerprint density at radius 2 is 0.970 bits per heavy atom. The molecule has 4 aromatic carbocycles. The average molecular weight is 1560 g/mol. The molecule has 0 spiro atoms. The molecule has 2 aliphatic rings. The summed E-state index contributed by atoms with van der Waals surface area (Å²) in [6, 6.07) is 26.2. The number of nitrogens with zero attached hydrogens (tertiary/aromatic N) is 3. The van der Waals surface area contributed by atoms with Crippen LogP contribution < -0.4 is 25.8 Å². The number of carbonyl (C=O) groups excluding carboxylic acids is 4. The van der Waals surface area contributed by atoms with Crippen LogP contribution in [0.2, 0.25) is 0 Å². The second-order valence-electron chi connectivity index (χ2n) is 14.1. The first-order chi connectivity index (χ1) is 30.1. The fourth-order valence-corrected chi connectivity index (χ4v) is 5.52. The fraction of sp³-hybridized carbons (Fsp3) is 0.302. The zero-order chi connectivity index (χ0) is 47.9. The summed E-state index contributed by atoms with van der Waals surface area (Å²) in [5.41, 5.74) is 3.84. The van der Waals surface area contributed by atoms with Crippen molar-refractivity contribution in [1.29, 1.82) is 0 Å². The second kappa shape index (κ2) is 34.2. The Bertz CT molecular complexity index is 2010. The first kappa shape index (κ1) is 64.8. The molecule has 0 radical (unpaired) electrons. The molecule has 2 heterocycles. The van der Waals surface area contributed by atoms with E-state index in [0.717, 1.165) is 37.6 Å². The van der Waals surface area contributed by atoms with E-state index in [1.54, 1.807) is 29.2 Å². The van der Waals surface area contributed by atoms with Crippen molar-refractivity contribution in [2.75, 3.05) is 72.8 Å². The van der Waals surface area contributed by atoms with Crippen molar-refractivity contribution in [3.05, 3.63) is 135 Å². The van der Waals surface area contributed by atoms with E-state index in [4.69, 9.17) is 9.53 Å². The number of halogens is 10. The van der Waals surface area contributed by atoms with E-state index in [0.29, 0.717) is 58.1 Å². The van der Waals surface area contributed by atoms with Gasteiger partial charge in [-0.3, -0.25) is 14.4 Å². The maximum absolute atomic E-state index is 13.0. The Balaban J connectivity index is 0.00000101. The second-order valence-corrected chi connectivity index (χ2v) is 61.3. The number of benzene rings is 4. The number of nitrogens with one attached hydrogen (secondary N) is 3. The molecule has 0 aromatic heterocycles. The third-order valence-corrected chi connectivity index (χ3v) is 8.38. The van der Waals surface area contributed by atoms with E-state index < -0.39 is 18.1 Å². The van der Waals surface area contributed by atoms with Crippen LogP contribution in [0.5, 0.6) is 0 Å². The van der Waals surface area contributed by atoms with Crippen molar-refractivity contribution >= 4 is 147 Å². The van der Waals surface area contributed by atoms with Gasteiger partial charge in [-0.25, -0.2) is 13.6 Å². The summed E-state index contributed by atoms with van der Waals surface area (Å²) in [5, 5.41) is 8.81. The van der Waals surface area contributed by atoms with Gasteiger partial charge in [-0.05, 0) is 118 Å². The van der Waals surface area contributed by atoms with E-state index in [1.807, 2.05) is 57.2 Å². The Hall–Kier alpha value is -1.21. The van der Waals surface area contributed by atoms with Crippen LogP contribution in [0.1, 0.15) is 41.5 Å². The number of amides is 3. The molecule has 2 saturated heterocycles. The first-order valence-corrected chi connectivity index (χ1v) is 41.4. The van der Waals surface area contributed by atoms with E-state index in [1.165, 1.54) is 36.4 Å². The maximum atomic E-state index is 13.0. The van der Waals surface area contributed by atoms with Crippen LogP contribution >= 0.6 is 99.9 Å². The van der Waals surface area contributed by atoms with E-state index in [2.05, 4.69) is 126 Å². The van der Waals surface area contributed by atoms with Crippen LogP contribution in [0, 0.1) is 26.5 Å². The molecule has 0 aliphatic carbocycles. The van der Waals surface area contributed by atoms with Gasteiger partial charge in [-0.15, -0.1) is 0 Å². The topological polar surface area (TPSA) is 123 Å². The number of aldehydes is 1. The van der Waals surface area contributed by atoms with Gasteiger partial charge in [0.1, 0.15) is 17.2 Å². The zero-order valence-electron chi connectivity index (χ0n) is 36.5. The molecule has 3 amide bonds. The van der Waals surface area contributed by atoms with Crippen LogP contribution in [-0.4, -0.2) is 93.2 Å². The van der Waals surface area contributed by atoms with Gasteiger partial charge in [0, 0.05) is 86.2 Å². The van der Waals surface area contributed by atoms with Gasteiger partial charge in [0.2, 0.25) is 6.29 Å². The van der Waals surface area contributed by atoms with Gasteiger partial charge >= 0.3 is 127 Å². The third kappa shape index (κ3) is 27.8. The van der Waals surface area contributed by atoms with Crippen LogP contribution in [0.3, 0.4) is 0 Å². The molecule has 0 unspecified atom stereocenters. The molecular weight excluding hydrogens is 1510 g/mol. The molecule has 0 saturated carbocycles. The molecule has 2 fully saturated rings. The number of carbonyl (C=O) groups is 4. The van der Waals surface area contributed by atoms with Gasteiger partial charge in [0.25, 0.3) is 11.8 Å². The molecule has 23 heteroatoms. The number of rotatable bonds is 6. The number of hydrogen-bond donors (Lipinski definition) is 3. The van der Waals surface area contributed by atoms with E-state index in [-0.39, 0.29) is 49.3 Å². The first-order valence-electron chi connectivity index (χ1n) is 18.9. The molecule has 4 aromatic rings. The Morgan fingerprint density at radius 3 is 1.27 bits per heavy atom. The molecule has 365 valence electrons. The molecule has 11 nitrogen and oxygen atoms in total. The van der Waals surface area contributed by atoms with Gasteiger partial charge in [0.15, 0.2) is 0 Å². The Morgan fingerprint density at radius 1 is 0.652 bits per heavy atom. The number of hydrogen-bond acceptors (Lipinski definition) is 8. The van der Waals surface area contributed by atoms with Crippen LogP contribution in [0.15, 0.2) is 97.1 Å². The molecular formula is C43H51F5I5N6O5V2-2. The molecule has 0 bridgehead atoms. The molecule has 0 atom stereocenters. The predicted molar refractivity (Wildman–Crippen MR) is 292 cm³/mol. The third-order valence-electron chi connectivity index (χ3n) is 8.38. The Kier molecular flexibility index (Phi) is 33.5. The van der Waals surface area contributed by atoms with Crippen LogP contribution in [0.4, 0.5) is 49.5 Å². The van der Waals surface area contributed by atoms with Crippen molar-refractivity contribution in [3.63, 3.8) is 0 Å². The summed E-state index contributed by atoms with van der Waals surface area (Å²) >= 11 is 12.1. The van der Waals surface area contributed by atoms with E-state index in [9.17, 15) is 36.3 Å². The number of anilines is 4. The van der Waals surface area contributed by atoms with Gasteiger partial charge in [0.05, 0.1) is 0 Å². The van der Waals surface area contributed by atoms with Gasteiger partial charge in [-0.2, -0.15) is 13.2 Å². The van der Waals surface area contributed by atoms with Gasteiger partial charge in [-0.1, -0.05) is 0 Å². The fourth-order valence-electron chi connectivity index (χ4n) is 5.52. The summed E-state index contributed by atoms with van der Waals surface area (Å²) in [5.74, 6) is -1.12. The van der Waals surface area contributed by atoms with Crippen LogP contribution in [-0.2, 0) is 23.9 Å². The van der Waals surface area contributed by atoms with Gasteiger partial charge < -0.3 is 50.2 Å². The predicted octanol–water partition coefficient (Wildman–Crippen LogP) is 12.7. The minimum atomic E-state index is -4.64. The summed E-state index contributed by atoms with van der Waals surface area (Å²) in [6.45, 7) is 12.0. The van der Waals surface area contributed by atoms with Crippen molar-refractivity contribution in [3.8, 4) is 0 Å². The van der Waals surface area contributed by atoms with E-state index >= 15 is 0 Å². The van der Waals surface area contributed by atoms with Crippen LogP contribution in [0.25, 0.3) is 0 Å². The molecule has 2 aliphatic heterocycles. The molecule has 6 rings (SSSR count). The quantitative estimate of drug-likeness (QED) is 0.0755. The molecule has 3 N–H and O–H groups in total. The minimum absolute atomic E-state index is 0. The summed E-state index contributed by atoms with van der Waals surface area (Å²) < 4.78 is 62.5. The van der Waals surface area contributed by atoms with Crippen molar-refractivity contribution in [2.24, 2.45) is 0 Å². The Labute approximate surface area is 451 Å². The normalized spacial score (nSPS) is 13.0. The SMILES string of the molecule is CC(C)(C)OC(=O)N1CCN(c2ccc(C(=O)Nc3ccc(F)cc3)cc2)CC1.O=C(Nc1ccc(F)cc1)c1ccc(N2CCNCC2)cc1.O=CC(F)(F)F.[CH3-].[CH3-].[I][V]([I])[I].[I][V][I]. The van der Waals surface area contributed by atoms with Crippen molar-refractivity contribution in [1.82, 2.24) is 10.2 Å². The zero-order valence-corrected chi connectivity index (χ0v) is 50.1.